The Kier molecular flexibility index (Phi) is 18.7. The first-order valence-electron chi connectivity index (χ1n) is 46.9. The van der Waals surface area contributed by atoms with Crippen molar-refractivity contribution in [3.05, 3.63) is 440 Å². The first-order valence-corrected chi connectivity index (χ1v) is 46.9. The molecule has 3 aliphatic rings. The van der Waals surface area contributed by atoms with E-state index in [4.69, 9.17) is 58.1 Å². The van der Waals surface area contributed by atoms with E-state index in [9.17, 15) is 0 Å². The molecule has 0 saturated heterocycles. The van der Waals surface area contributed by atoms with Gasteiger partial charge in [-0.1, -0.05) is 387 Å². The van der Waals surface area contributed by atoms with Gasteiger partial charge in [-0.3, -0.25) is 0 Å². The van der Waals surface area contributed by atoms with E-state index in [0.717, 1.165) is 143 Å². The zero-order chi connectivity index (χ0) is 92.2. The zero-order valence-corrected chi connectivity index (χ0v) is 76.4. The number of nitrogens with zero attached hydrogens (tertiary/aromatic N) is 9. The number of hydrogen-bond acceptors (Lipinski definition) is 12. The van der Waals surface area contributed by atoms with Crippen LogP contribution in [-0.2, 0) is 16.2 Å². The highest BCUT2D eigenvalue weighted by molar-refractivity contribution is 6.16. The lowest BCUT2D eigenvalue weighted by Crippen LogP contribution is -2.14. The van der Waals surface area contributed by atoms with Gasteiger partial charge in [0.15, 0.2) is 52.4 Å². The molecule has 0 saturated carbocycles. The molecule has 652 valence electrons. The second-order valence-electron chi connectivity index (χ2n) is 37.7. The summed E-state index contributed by atoms with van der Waals surface area (Å²) in [6, 6.07) is 141. The maximum absolute atomic E-state index is 6.77. The summed E-state index contributed by atoms with van der Waals surface area (Å²) in [5.74, 6) is 5.51. The lowest BCUT2D eigenvalue weighted by atomic mass is 9.82. The van der Waals surface area contributed by atoms with Gasteiger partial charge in [-0.15, -0.1) is 0 Å². The summed E-state index contributed by atoms with van der Waals surface area (Å²) >= 11 is 0. The highest BCUT2D eigenvalue weighted by Crippen LogP contribution is 2.56. The monoisotopic (exact) mass is 1770 g/mol. The third kappa shape index (κ3) is 13.3. The van der Waals surface area contributed by atoms with Crippen molar-refractivity contribution >= 4 is 98.1 Å². The summed E-state index contributed by atoms with van der Waals surface area (Å²) in [5, 5.41) is 13.3. The van der Waals surface area contributed by atoms with Crippen molar-refractivity contribution in [3.63, 3.8) is 0 Å². The van der Waals surface area contributed by atoms with Crippen LogP contribution in [0.5, 0.6) is 0 Å². The largest absolute Gasteiger partial charge is 0.455 e. The van der Waals surface area contributed by atoms with Gasteiger partial charge in [-0.2, -0.15) is 0 Å². The van der Waals surface area contributed by atoms with Crippen LogP contribution in [0.15, 0.2) is 420 Å². The third-order valence-corrected chi connectivity index (χ3v) is 28.6. The quantitative estimate of drug-likeness (QED) is 0.120. The fourth-order valence-corrected chi connectivity index (χ4v) is 21.6. The van der Waals surface area contributed by atoms with Gasteiger partial charge in [0, 0.05) is 81.9 Å². The number of aromatic nitrogens is 9. The minimum atomic E-state index is -0.113. The molecule has 25 aromatic rings. The molecule has 0 unspecified atom stereocenters. The van der Waals surface area contributed by atoms with Crippen molar-refractivity contribution in [1.82, 2.24) is 44.9 Å². The maximum atomic E-state index is 6.77. The van der Waals surface area contributed by atoms with Crippen LogP contribution in [0.1, 0.15) is 74.9 Å². The zero-order valence-electron chi connectivity index (χ0n) is 76.4. The molecule has 6 aromatic heterocycles. The Morgan fingerprint density at radius 2 is 0.413 bits per heavy atom. The molecule has 3 aliphatic carbocycles. The van der Waals surface area contributed by atoms with Crippen LogP contribution in [0, 0.1) is 0 Å². The van der Waals surface area contributed by atoms with Crippen molar-refractivity contribution < 1.29 is 13.3 Å². The van der Waals surface area contributed by atoms with Crippen LogP contribution < -0.4 is 0 Å². The van der Waals surface area contributed by atoms with Crippen molar-refractivity contribution in [1.29, 1.82) is 0 Å². The lowest BCUT2D eigenvalue weighted by molar-refractivity contribution is 0.647. The molecule has 12 nitrogen and oxygen atoms in total. The Balaban J connectivity index is 0.000000107. The first-order chi connectivity index (χ1) is 67.6. The molecule has 0 spiro atoms. The molecule has 0 fully saturated rings. The summed E-state index contributed by atoms with van der Waals surface area (Å²) in [6.45, 7) is 13.8. The summed E-state index contributed by atoms with van der Waals surface area (Å²) in [6.07, 6.45) is 0. The van der Waals surface area contributed by atoms with Crippen molar-refractivity contribution in [2.24, 2.45) is 0 Å². The van der Waals surface area contributed by atoms with Crippen LogP contribution in [0.2, 0.25) is 0 Å². The van der Waals surface area contributed by atoms with E-state index in [-0.39, 0.29) is 16.2 Å². The lowest BCUT2D eigenvalue weighted by Gasteiger charge is -2.21. The van der Waals surface area contributed by atoms with Gasteiger partial charge in [-0.05, 0) is 171 Å². The minimum absolute atomic E-state index is 0.103. The van der Waals surface area contributed by atoms with Crippen LogP contribution in [0.25, 0.3) is 245 Å². The number of benzene rings is 19. The van der Waals surface area contributed by atoms with Gasteiger partial charge in [0.25, 0.3) is 0 Å². The van der Waals surface area contributed by atoms with Crippen LogP contribution >= 0.6 is 0 Å². The van der Waals surface area contributed by atoms with E-state index < -0.39 is 0 Å². The molecule has 0 atom stereocenters. The second kappa shape index (κ2) is 31.8. The van der Waals surface area contributed by atoms with Gasteiger partial charge in [0.2, 0.25) is 0 Å². The maximum Gasteiger partial charge on any atom is 0.167 e. The Hall–Kier alpha value is -17.6. The first kappa shape index (κ1) is 81.2. The average molecular weight is 1770 g/mol. The van der Waals surface area contributed by atoms with Crippen molar-refractivity contribution in [2.75, 3.05) is 0 Å². The number of fused-ring (bicyclic) bond motifs is 22. The average Bonchev–Trinajstić information content (AvgIpc) is 1.56. The molecule has 0 N–H and O–H groups in total. The summed E-state index contributed by atoms with van der Waals surface area (Å²) < 4.78 is 20.2. The third-order valence-electron chi connectivity index (χ3n) is 28.6. The number of hydrogen-bond donors (Lipinski definition) is 0. The smallest absolute Gasteiger partial charge is 0.167 e. The van der Waals surface area contributed by atoms with Gasteiger partial charge >= 0.3 is 0 Å². The number of rotatable bonds is 10. The van der Waals surface area contributed by atoms with Gasteiger partial charge < -0.3 is 13.3 Å². The fourth-order valence-electron chi connectivity index (χ4n) is 21.6. The van der Waals surface area contributed by atoms with Gasteiger partial charge in [0.05, 0.1) is 16.7 Å². The van der Waals surface area contributed by atoms with Crippen molar-refractivity contribution in [2.45, 2.75) is 57.8 Å². The number of furan rings is 3. The topological polar surface area (TPSA) is 155 Å². The van der Waals surface area contributed by atoms with E-state index >= 15 is 0 Å². The fraction of sp³-hybridized carbons (Fsp3) is 0.0714. The van der Waals surface area contributed by atoms with E-state index in [1.165, 1.54) is 83.1 Å². The minimum Gasteiger partial charge on any atom is -0.455 e. The Morgan fingerprint density at radius 1 is 0.152 bits per heavy atom. The van der Waals surface area contributed by atoms with Crippen LogP contribution in [0.3, 0.4) is 0 Å². The molecular formula is C126H85N9O3. The van der Waals surface area contributed by atoms with E-state index in [0.29, 0.717) is 52.4 Å². The van der Waals surface area contributed by atoms with E-state index in [2.05, 4.69) is 345 Å². The predicted octanol–water partition coefficient (Wildman–Crippen LogP) is 32.4. The van der Waals surface area contributed by atoms with Crippen LogP contribution in [-0.4, -0.2) is 44.9 Å². The Bertz CT molecular complexity index is 9300. The molecular weight excluding hydrogens is 1690 g/mol. The van der Waals surface area contributed by atoms with Gasteiger partial charge in [0.1, 0.15) is 33.5 Å². The van der Waals surface area contributed by atoms with E-state index in [1.54, 1.807) is 0 Å². The highest BCUT2D eigenvalue weighted by Gasteiger charge is 2.40. The second-order valence-corrected chi connectivity index (χ2v) is 37.7. The normalized spacial score (nSPS) is 13.3. The van der Waals surface area contributed by atoms with Gasteiger partial charge in [-0.25, -0.2) is 44.9 Å². The molecule has 19 aromatic carbocycles. The molecule has 0 aliphatic heterocycles. The van der Waals surface area contributed by atoms with Crippen molar-refractivity contribution in [3.8, 4) is 147 Å². The molecule has 28 rings (SSSR count). The summed E-state index contributed by atoms with van der Waals surface area (Å²) in [4.78, 5) is 45.6. The number of para-hydroxylation sites is 3. The predicted molar refractivity (Wildman–Crippen MR) is 561 cm³/mol. The standard InChI is InChI=1S/C44H29N3O.C42H29N3O.C40H27N3O/c1-44(2)37-22-11-10-19-31(37)34-24-35-32-20-12-21-33(40(32)48-39(35)25-38(34)44)42-45-41(26-13-4-3-5-14-26)46-43(47-42)36-23-27-15-6-7-16-28(27)29-17-8-9-18-30(29)36;1-42(2)35-19-10-9-16-30(35)33-24-34-31-17-11-18-32(38(31)46-37(34)25-36(33)42)41-44-39(28-14-7-4-8-15-28)43-40(45-41)29-22-20-27(21-23-29)26-12-5-3-6-13-26;1-40(2)33-21-9-8-17-27(33)31-22-32-28-18-11-20-30(36(28)44-35(32)23-34(31)40)39-42-37(25-13-4-3-5-14-25)41-38(43-39)29-19-10-15-24-12-6-7-16-26(24)29/h3-25H,1-2H3;3-25H,1-2H3;3-23H,1-2H3. The SMILES string of the molecule is CC1(C)c2ccccc2-c2cc3c(cc21)oc1c(-c2nc(-c4ccccc4)nc(-c4cc5ccccc5c5ccccc45)n2)cccc13.CC1(C)c2ccccc2-c2cc3c(cc21)oc1c(-c2nc(-c4ccccc4)nc(-c4ccc(-c5ccccc5)cc4)n2)cccc13.CC1(C)c2ccccc2-c2cc3c(cc21)oc1c(-c2nc(-c4ccccc4)nc(-c4cccc5ccccc45)n2)cccc13. The van der Waals surface area contributed by atoms with Crippen LogP contribution in [0.4, 0.5) is 0 Å². The molecule has 138 heavy (non-hydrogen) atoms. The summed E-state index contributed by atoms with van der Waals surface area (Å²) in [7, 11) is 0. The molecule has 0 radical (unpaired) electrons. The molecule has 6 heterocycles. The molecule has 0 amide bonds. The Labute approximate surface area is 795 Å². The highest BCUT2D eigenvalue weighted by atomic mass is 16.3. The Morgan fingerprint density at radius 3 is 0.826 bits per heavy atom. The molecule has 12 heteroatoms. The summed E-state index contributed by atoms with van der Waals surface area (Å²) in [5.41, 5.74) is 30.8. The van der Waals surface area contributed by atoms with E-state index in [1.807, 2.05) is 103 Å². The molecule has 0 bridgehead atoms.